The number of benzene rings is 2. The molecule has 2 aromatic rings. The van der Waals surface area contributed by atoms with Crippen molar-refractivity contribution in [3.8, 4) is 0 Å². The summed E-state index contributed by atoms with van der Waals surface area (Å²) in [5.41, 5.74) is 2.80. The van der Waals surface area contributed by atoms with E-state index in [4.69, 9.17) is 0 Å². The van der Waals surface area contributed by atoms with Gasteiger partial charge in [-0.1, -0.05) is 24.3 Å². The number of nitrogens with zero attached hydrogens (tertiary/aromatic N) is 1. The average molecular weight is 344 g/mol. The minimum Gasteiger partial charge on any atom is -0.351 e. The maximum atomic E-state index is 13.8. The highest BCUT2D eigenvalue weighted by Gasteiger charge is 2.27. The van der Waals surface area contributed by atoms with Crippen molar-refractivity contribution in [2.75, 3.05) is 14.1 Å². The lowest BCUT2D eigenvalue weighted by atomic mass is 10.1. The Morgan fingerprint density at radius 3 is 2.83 bits per heavy atom. The number of carbonyl (C=O) groups is 1. The molecule has 0 fully saturated rings. The fourth-order valence-electron chi connectivity index (χ4n) is 2.83. The SMILES string of the molecule is CN(C)Cc1cc(CNC(=O)[C@H]2Cc3ccccc3S2)ccc1F. The van der Waals surface area contributed by atoms with E-state index >= 15 is 0 Å². The van der Waals surface area contributed by atoms with Crippen LogP contribution >= 0.6 is 11.8 Å². The number of nitrogens with one attached hydrogen (secondary N) is 1. The molecule has 3 nitrogen and oxygen atoms in total. The summed E-state index contributed by atoms with van der Waals surface area (Å²) in [6, 6.07) is 13.2. The molecule has 1 heterocycles. The van der Waals surface area contributed by atoms with Crippen molar-refractivity contribution in [3.63, 3.8) is 0 Å². The van der Waals surface area contributed by atoms with Gasteiger partial charge in [0.05, 0.1) is 5.25 Å². The highest BCUT2D eigenvalue weighted by Crippen LogP contribution is 2.36. The van der Waals surface area contributed by atoms with Crippen molar-refractivity contribution in [3.05, 3.63) is 65.0 Å². The van der Waals surface area contributed by atoms with Crippen LogP contribution in [0.3, 0.4) is 0 Å². The van der Waals surface area contributed by atoms with Crippen LogP contribution in [0.1, 0.15) is 16.7 Å². The minimum atomic E-state index is -0.208. The number of hydrogen-bond acceptors (Lipinski definition) is 3. The molecule has 1 atom stereocenters. The molecule has 0 saturated heterocycles. The molecule has 5 heteroatoms. The molecule has 0 unspecified atom stereocenters. The normalized spacial score (nSPS) is 16.2. The molecule has 1 N–H and O–H groups in total. The van der Waals surface area contributed by atoms with Crippen molar-refractivity contribution in [2.45, 2.75) is 29.7 Å². The number of rotatable bonds is 5. The van der Waals surface area contributed by atoms with Gasteiger partial charge in [0, 0.05) is 23.5 Å². The molecular weight excluding hydrogens is 323 g/mol. The third-order valence-electron chi connectivity index (χ3n) is 4.00. The zero-order valence-electron chi connectivity index (χ0n) is 13.9. The lowest BCUT2D eigenvalue weighted by molar-refractivity contribution is -0.120. The Morgan fingerprint density at radius 2 is 2.08 bits per heavy atom. The fraction of sp³-hybridized carbons (Fsp3) is 0.316. The first-order valence-corrected chi connectivity index (χ1v) is 8.85. The van der Waals surface area contributed by atoms with E-state index < -0.39 is 0 Å². The molecule has 0 spiro atoms. The van der Waals surface area contributed by atoms with Gasteiger partial charge in [-0.3, -0.25) is 4.79 Å². The lowest BCUT2D eigenvalue weighted by Crippen LogP contribution is -2.32. The topological polar surface area (TPSA) is 32.3 Å². The summed E-state index contributed by atoms with van der Waals surface area (Å²) in [5, 5.41) is 2.90. The van der Waals surface area contributed by atoms with Gasteiger partial charge in [-0.25, -0.2) is 4.39 Å². The van der Waals surface area contributed by atoms with Crippen LogP contribution in [0, 0.1) is 5.82 Å². The standard InChI is InChI=1S/C19H21FN2OS/c1-22(2)12-15-9-13(7-8-16(15)20)11-21-19(23)18-10-14-5-3-4-6-17(14)24-18/h3-9,18H,10-12H2,1-2H3,(H,21,23)/t18-/m1/s1. The molecule has 126 valence electrons. The van der Waals surface area contributed by atoms with Crippen molar-refractivity contribution in [2.24, 2.45) is 0 Å². The second kappa shape index (κ2) is 7.36. The molecule has 1 amide bonds. The van der Waals surface area contributed by atoms with E-state index in [1.54, 1.807) is 17.8 Å². The molecule has 0 aliphatic carbocycles. The zero-order chi connectivity index (χ0) is 17.1. The Labute approximate surface area is 146 Å². The quantitative estimate of drug-likeness (QED) is 0.904. The number of halogens is 1. The molecule has 2 aromatic carbocycles. The molecule has 0 aromatic heterocycles. The van der Waals surface area contributed by atoms with Crippen molar-refractivity contribution in [1.82, 2.24) is 10.2 Å². The maximum absolute atomic E-state index is 13.8. The maximum Gasteiger partial charge on any atom is 0.234 e. The van der Waals surface area contributed by atoms with Gasteiger partial charge in [-0.2, -0.15) is 0 Å². The Bertz CT molecular complexity index is 723. The highest BCUT2D eigenvalue weighted by atomic mass is 32.2. The van der Waals surface area contributed by atoms with E-state index in [1.807, 2.05) is 37.2 Å². The van der Waals surface area contributed by atoms with Gasteiger partial charge in [0.1, 0.15) is 5.82 Å². The molecule has 0 bridgehead atoms. The molecular formula is C19H21FN2OS. The predicted molar refractivity (Wildman–Crippen MR) is 95.4 cm³/mol. The van der Waals surface area contributed by atoms with E-state index in [0.29, 0.717) is 18.7 Å². The van der Waals surface area contributed by atoms with Gasteiger partial charge >= 0.3 is 0 Å². The monoisotopic (exact) mass is 344 g/mol. The number of carbonyl (C=O) groups excluding carboxylic acids is 1. The second-order valence-corrected chi connectivity index (χ2v) is 7.54. The summed E-state index contributed by atoms with van der Waals surface area (Å²) < 4.78 is 13.8. The van der Waals surface area contributed by atoms with E-state index in [1.165, 1.54) is 16.5 Å². The summed E-state index contributed by atoms with van der Waals surface area (Å²) in [6.45, 7) is 0.967. The number of hydrogen-bond donors (Lipinski definition) is 1. The van der Waals surface area contributed by atoms with E-state index in [0.717, 1.165) is 12.0 Å². The first kappa shape index (κ1) is 17.0. The average Bonchev–Trinajstić information content (AvgIpc) is 2.99. The lowest BCUT2D eigenvalue weighted by Gasteiger charge is -2.13. The van der Waals surface area contributed by atoms with Crippen molar-refractivity contribution < 1.29 is 9.18 Å². The summed E-state index contributed by atoms with van der Waals surface area (Å²) in [6.07, 6.45) is 0.766. The van der Waals surface area contributed by atoms with Gasteiger partial charge in [-0.05, 0) is 49.8 Å². The van der Waals surface area contributed by atoms with E-state index in [2.05, 4.69) is 17.4 Å². The first-order valence-electron chi connectivity index (χ1n) is 7.97. The second-order valence-electron chi connectivity index (χ2n) is 6.30. The van der Waals surface area contributed by atoms with Crippen LogP contribution in [0.2, 0.25) is 0 Å². The van der Waals surface area contributed by atoms with E-state index in [9.17, 15) is 9.18 Å². The van der Waals surface area contributed by atoms with Crippen LogP contribution < -0.4 is 5.32 Å². The van der Waals surface area contributed by atoms with Gasteiger partial charge < -0.3 is 10.2 Å². The third kappa shape index (κ3) is 3.97. The molecule has 1 aliphatic rings. The summed E-state index contributed by atoms with van der Waals surface area (Å²) in [5.74, 6) is -0.171. The summed E-state index contributed by atoms with van der Waals surface area (Å²) in [4.78, 5) is 15.5. The van der Waals surface area contributed by atoms with Crippen LogP contribution in [0.5, 0.6) is 0 Å². The third-order valence-corrected chi connectivity index (χ3v) is 5.32. The van der Waals surface area contributed by atoms with Crippen LogP contribution in [0.4, 0.5) is 4.39 Å². The van der Waals surface area contributed by atoms with Crippen LogP contribution in [-0.2, 0) is 24.3 Å². The van der Waals surface area contributed by atoms with Gasteiger partial charge in [0.25, 0.3) is 0 Å². The van der Waals surface area contributed by atoms with Gasteiger partial charge in [-0.15, -0.1) is 11.8 Å². The first-order chi connectivity index (χ1) is 11.5. The Morgan fingerprint density at radius 1 is 1.29 bits per heavy atom. The number of fused-ring (bicyclic) bond motifs is 1. The fourth-order valence-corrected chi connectivity index (χ4v) is 4.05. The van der Waals surface area contributed by atoms with Crippen molar-refractivity contribution in [1.29, 1.82) is 0 Å². The van der Waals surface area contributed by atoms with E-state index in [-0.39, 0.29) is 17.0 Å². The number of thioether (sulfide) groups is 1. The molecule has 3 rings (SSSR count). The summed E-state index contributed by atoms with van der Waals surface area (Å²) >= 11 is 1.61. The van der Waals surface area contributed by atoms with Gasteiger partial charge in [0.15, 0.2) is 0 Å². The Balaban J connectivity index is 1.59. The van der Waals surface area contributed by atoms with Gasteiger partial charge in [0.2, 0.25) is 5.91 Å². The highest BCUT2D eigenvalue weighted by molar-refractivity contribution is 8.01. The Hall–Kier alpha value is -1.85. The number of amides is 1. The van der Waals surface area contributed by atoms with Crippen molar-refractivity contribution >= 4 is 17.7 Å². The van der Waals surface area contributed by atoms with Crippen LogP contribution in [0.15, 0.2) is 47.4 Å². The molecule has 24 heavy (non-hydrogen) atoms. The predicted octanol–water partition coefficient (Wildman–Crippen LogP) is 3.22. The Kier molecular flexibility index (Phi) is 5.21. The van der Waals surface area contributed by atoms with Crippen LogP contribution in [0.25, 0.3) is 0 Å². The largest absolute Gasteiger partial charge is 0.351 e. The molecule has 0 saturated carbocycles. The summed E-state index contributed by atoms with van der Waals surface area (Å²) in [7, 11) is 3.81. The molecule has 0 radical (unpaired) electrons. The van der Waals surface area contributed by atoms with Crippen LogP contribution in [-0.4, -0.2) is 30.2 Å². The smallest absolute Gasteiger partial charge is 0.234 e. The minimum absolute atomic E-state index is 0.0367. The molecule has 1 aliphatic heterocycles. The zero-order valence-corrected chi connectivity index (χ0v) is 14.7.